The molecule has 1 fully saturated rings. The van der Waals surface area contributed by atoms with Crippen LogP contribution in [0.5, 0.6) is 0 Å². The Bertz CT molecular complexity index is 833. The van der Waals surface area contributed by atoms with Crippen molar-refractivity contribution in [2.24, 2.45) is 5.92 Å². The van der Waals surface area contributed by atoms with Crippen LogP contribution >= 0.6 is 0 Å². The van der Waals surface area contributed by atoms with Crippen molar-refractivity contribution in [2.75, 3.05) is 45.2 Å². The fourth-order valence-electron chi connectivity index (χ4n) is 3.93. The number of anilines is 1. The molecule has 166 valence electrons. The summed E-state index contributed by atoms with van der Waals surface area (Å²) < 4.78 is 5.00. The molecule has 2 aromatic carbocycles. The van der Waals surface area contributed by atoms with E-state index in [4.69, 9.17) is 4.74 Å². The van der Waals surface area contributed by atoms with Crippen LogP contribution in [-0.2, 0) is 20.7 Å². The van der Waals surface area contributed by atoms with E-state index >= 15 is 0 Å². The van der Waals surface area contributed by atoms with Crippen LogP contribution in [-0.4, -0.2) is 56.6 Å². The molecule has 2 amide bonds. The summed E-state index contributed by atoms with van der Waals surface area (Å²) >= 11 is 0. The van der Waals surface area contributed by atoms with Crippen LogP contribution in [0.3, 0.4) is 0 Å². The number of likely N-dealkylation sites (tertiary alicyclic amines) is 1. The van der Waals surface area contributed by atoms with Gasteiger partial charge in [0, 0.05) is 31.9 Å². The lowest BCUT2D eigenvalue weighted by atomic mass is 9.96. The van der Waals surface area contributed by atoms with E-state index < -0.39 is 0 Å². The van der Waals surface area contributed by atoms with Gasteiger partial charge >= 0.3 is 0 Å². The quantitative estimate of drug-likeness (QED) is 0.576. The third-order valence-corrected chi connectivity index (χ3v) is 5.68. The number of amides is 2. The van der Waals surface area contributed by atoms with E-state index in [1.165, 1.54) is 5.56 Å². The maximum absolute atomic E-state index is 12.7. The molecule has 1 heterocycles. The van der Waals surface area contributed by atoms with Crippen LogP contribution in [0.15, 0.2) is 54.6 Å². The van der Waals surface area contributed by atoms with Gasteiger partial charge in [0.05, 0.1) is 6.54 Å². The molecule has 0 aliphatic carbocycles. The van der Waals surface area contributed by atoms with Crippen molar-refractivity contribution in [3.63, 3.8) is 0 Å². The van der Waals surface area contributed by atoms with Gasteiger partial charge in [-0.2, -0.15) is 0 Å². The number of nitrogens with zero attached hydrogens (tertiary/aromatic N) is 1. The fraction of sp³-hybridized carbons (Fsp3) is 0.440. The van der Waals surface area contributed by atoms with E-state index in [0.717, 1.165) is 50.0 Å². The van der Waals surface area contributed by atoms with Crippen molar-refractivity contribution in [1.82, 2.24) is 10.2 Å². The molecule has 0 saturated carbocycles. The molecule has 6 nitrogen and oxygen atoms in total. The smallest absolute Gasteiger partial charge is 0.238 e. The Labute approximate surface area is 185 Å². The predicted molar refractivity (Wildman–Crippen MR) is 123 cm³/mol. The second kappa shape index (κ2) is 12.2. The summed E-state index contributed by atoms with van der Waals surface area (Å²) in [5, 5.41) is 6.07. The molecule has 0 spiro atoms. The van der Waals surface area contributed by atoms with Crippen molar-refractivity contribution in [3.8, 4) is 0 Å². The number of benzene rings is 2. The molecular weight excluding hydrogens is 390 g/mol. The van der Waals surface area contributed by atoms with Crippen molar-refractivity contribution < 1.29 is 14.3 Å². The molecule has 0 radical (unpaired) electrons. The summed E-state index contributed by atoms with van der Waals surface area (Å²) in [6, 6.07) is 18.2. The van der Waals surface area contributed by atoms with Gasteiger partial charge in [-0.25, -0.2) is 0 Å². The van der Waals surface area contributed by atoms with Crippen LogP contribution in [0, 0.1) is 5.92 Å². The van der Waals surface area contributed by atoms with Crippen LogP contribution in [0.1, 0.15) is 30.4 Å². The first-order valence-electron chi connectivity index (χ1n) is 11.1. The van der Waals surface area contributed by atoms with Gasteiger partial charge in [-0.05, 0) is 56.0 Å². The number of hydrogen-bond donors (Lipinski definition) is 2. The second-order valence-corrected chi connectivity index (χ2v) is 8.06. The lowest BCUT2D eigenvalue weighted by Gasteiger charge is -2.30. The van der Waals surface area contributed by atoms with E-state index in [2.05, 4.69) is 33.7 Å². The van der Waals surface area contributed by atoms with Crippen molar-refractivity contribution in [3.05, 3.63) is 65.7 Å². The number of hydrogen-bond acceptors (Lipinski definition) is 4. The standard InChI is InChI=1S/C25H33N3O3/c1-31-17-7-14-26-25(30)21-12-15-28(16-13-21)19-24(29)27-23-11-6-5-10-22(23)18-20-8-3-2-4-9-20/h2-6,8-11,21H,7,12-19H2,1H3,(H,26,30)(H,27,29). The van der Waals surface area contributed by atoms with Crippen molar-refractivity contribution in [1.29, 1.82) is 0 Å². The van der Waals surface area contributed by atoms with Gasteiger partial charge in [0.1, 0.15) is 0 Å². The third-order valence-electron chi connectivity index (χ3n) is 5.68. The summed E-state index contributed by atoms with van der Waals surface area (Å²) in [7, 11) is 1.66. The maximum atomic E-state index is 12.7. The summed E-state index contributed by atoms with van der Waals surface area (Å²) in [5.74, 6) is 0.145. The molecule has 3 rings (SSSR count). The summed E-state index contributed by atoms with van der Waals surface area (Å²) in [4.78, 5) is 27.1. The molecule has 0 unspecified atom stereocenters. The number of rotatable bonds is 10. The molecular formula is C25H33N3O3. The first kappa shape index (κ1) is 23.0. The molecule has 2 N–H and O–H groups in total. The minimum absolute atomic E-state index is 0.0111. The van der Waals surface area contributed by atoms with Crippen LogP contribution < -0.4 is 10.6 Å². The van der Waals surface area contributed by atoms with Gasteiger partial charge in [-0.1, -0.05) is 48.5 Å². The zero-order valence-electron chi connectivity index (χ0n) is 18.3. The van der Waals surface area contributed by atoms with Crippen LogP contribution in [0.25, 0.3) is 0 Å². The molecule has 1 aliphatic rings. The number of carbonyl (C=O) groups excluding carboxylic acids is 2. The number of carbonyl (C=O) groups is 2. The highest BCUT2D eigenvalue weighted by Gasteiger charge is 2.25. The highest BCUT2D eigenvalue weighted by molar-refractivity contribution is 5.93. The second-order valence-electron chi connectivity index (χ2n) is 8.06. The highest BCUT2D eigenvalue weighted by atomic mass is 16.5. The van der Waals surface area contributed by atoms with Gasteiger partial charge in [-0.3, -0.25) is 14.5 Å². The zero-order chi connectivity index (χ0) is 21.9. The molecule has 0 atom stereocenters. The number of methoxy groups -OCH3 is 1. The predicted octanol–water partition coefficient (Wildman–Crippen LogP) is 3.08. The van der Waals surface area contributed by atoms with Crippen LogP contribution in [0.4, 0.5) is 5.69 Å². The first-order valence-corrected chi connectivity index (χ1v) is 11.1. The van der Waals surface area contributed by atoms with E-state index in [-0.39, 0.29) is 17.7 Å². The highest BCUT2D eigenvalue weighted by Crippen LogP contribution is 2.20. The summed E-state index contributed by atoms with van der Waals surface area (Å²) in [5.41, 5.74) is 3.18. The minimum atomic E-state index is -0.0111. The third kappa shape index (κ3) is 7.49. The molecule has 1 saturated heterocycles. The summed E-state index contributed by atoms with van der Waals surface area (Å²) in [6.07, 6.45) is 3.18. The normalized spacial score (nSPS) is 14.9. The molecule has 0 aromatic heterocycles. The Hall–Kier alpha value is -2.70. The average Bonchev–Trinajstić information content (AvgIpc) is 2.79. The number of ether oxygens (including phenoxy) is 1. The topological polar surface area (TPSA) is 70.7 Å². The van der Waals surface area contributed by atoms with E-state index in [1.807, 2.05) is 36.4 Å². The molecule has 6 heteroatoms. The molecule has 1 aliphatic heterocycles. The fourth-order valence-corrected chi connectivity index (χ4v) is 3.93. The Morgan fingerprint density at radius 1 is 1.03 bits per heavy atom. The number of para-hydroxylation sites is 1. The number of nitrogens with one attached hydrogen (secondary N) is 2. The molecule has 0 bridgehead atoms. The van der Waals surface area contributed by atoms with Crippen LogP contribution in [0.2, 0.25) is 0 Å². The van der Waals surface area contributed by atoms with Gasteiger partial charge in [0.15, 0.2) is 0 Å². The Kier molecular flexibility index (Phi) is 9.06. The largest absolute Gasteiger partial charge is 0.385 e. The minimum Gasteiger partial charge on any atom is -0.385 e. The van der Waals surface area contributed by atoms with Gasteiger partial charge < -0.3 is 15.4 Å². The lowest BCUT2D eigenvalue weighted by Crippen LogP contribution is -2.43. The molecule has 2 aromatic rings. The first-order chi connectivity index (χ1) is 15.2. The van der Waals surface area contributed by atoms with Crippen molar-refractivity contribution in [2.45, 2.75) is 25.7 Å². The Balaban J connectivity index is 1.44. The van der Waals surface area contributed by atoms with E-state index in [1.54, 1.807) is 7.11 Å². The van der Waals surface area contributed by atoms with Crippen molar-refractivity contribution >= 4 is 17.5 Å². The Morgan fingerprint density at radius 3 is 2.48 bits per heavy atom. The van der Waals surface area contributed by atoms with Gasteiger partial charge in [-0.15, -0.1) is 0 Å². The Morgan fingerprint density at radius 2 is 1.74 bits per heavy atom. The monoisotopic (exact) mass is 423 g/mol. The lowest BCUT2D eigenvalue weighted by molar-refractivity contribution is -0.126. The summed E-state index contributed by atoms with van der Waals surface area (Å²) in [6.45, 7) is 3.17. The SMILES string of the molecule is COCCCNC(=O)C1CCN(CC(=O)Nc2ccccc2Cc2ccccc2)CC1. The average molecular weight is 424 g/mol. The van der Waals surface area contributed by atoms with E-state index in [0.29, 0.717) is 19.7 Å². The van der Waals surface area contributed by atoms with Gasteiger partial charge in [0.25, 0.3) is 0 Å². The maximum Gasteiger partial charge on any atom is 0.238 e. The van der Waals surface area contributed by atoms with Gasteiger partial charge in [0.2, 0.25) is 11.8 Å². The van der Waals surface area contributed by atoms with E-state index in [9.17, 15) is 9.59 Å². The zero-order valence-corrected chi connectivity index (χ0v) is 18.3. The number of piperidine rings is 1. The molecule has 31 heavy (non-hydrogen) atoms.